The normalized spacial score (nSPS) is 10.7. The lowest BCUT2D eigenvalue weighted by atomic mass is 10.2. The van der Waals surface area contributed by atoms with E-state index in [-0.39, 0.29) is 24.8 Å². The molecule has 5 nitrogen and oxygen atoms in total. The minimum atomic E-state index is -4.39. The zero-order chi connectivity index (χ0) is 19.0. The highest BCUT2D eigenvalue weighted by Gasteiger charge is 2.28. The van der Waals surface area contributed by atoms with E-state index in [1.54, 1.807) is 36.4 Å². The van der Waals surface area contributed by atoms with Gasteiger partial charge in [-0.3, -0.25) is 4.79 Å². The number of amides is 1. The third-order valence-corrected chi connectivity index (χ3v) is 3.17. The Morgan fingerprint density at radius 1 is 1.00 bits per heavy atom. The largest absolute Gasteiger partial charge is 0.484 e. The summed E-state index contributed by atoms with van der Waals surface area (Å²) in [5.41, 5.74) is 1.19. The number of hydrogen-bond donors (Lipinski definition) is 1. The van der Waals surface area contributed by atoms with Crippen molar-refractivity contribution in [3.63, 3.8) is 0 Å². The number of halogens is 3. The van der Waals surface area contributed by atoms with Gasteiger partial charge in [0.1, 0.15) is 11.5 Å². The molecular weight excluding hydrogens is 349 g/mol. The molecule has 0 spiro atoms. The highest BCUT2D eigenvalue weighted by molar-refractivity contribution is 5.77. The first-order chi connectivity index (χ1) is 12.4. The zero-order valence-electron chi connectivity index (χ0n) is 13.5. The van der Waals surface area contributed by atoms with Crippen LogP contribution >= 0.6 is 0 Å². The van der Waals surface area contributed by atoms with Crippen molar-refractivity contribution in [1.82, 2.24) is 5.32 Å². The van der Waals surface area contributed by atoms with Gasteiger partial charge in [0.2, 0.25) is 0 Å². The summed E-state index contributed by atoms with van der Waals surface area (Å²) < 4.78 is 46.1. The van der Waals surface area contributed by atoms with Gasteiger partial charge in [-0.25, -0.2) is 0 Å². The van der Waals surface area contributed by atoms with E-state index in [9.17, 15) is 18.0 Å². The van der Waals surface area contributed by atoms with Crippen molar-refractivity contribution < 1.29 is 27.4 Å². The molecule has 0 heterocycles. The maximum absolute atomic E-state index is 12.1. The number of nitriles is 1. The Kier molecular flexibility index (Phi) is 6.44. The van der Waals surface area contributed by atoms with Crippen LogP contribution in [0.15, 0.2) is 48.5 Å². The first-order valence-corrected chi connectivity index (χ1v) is 7.54. The van der Waals surface area contributed by atoms with Gasteiger partial charge in [0.05, 0.1) is 11.6 Å². The van der Waals surface area contributed by atoms with Crippen LogP contribution in [0.25, 0.3) is 0 Å². The molecule has 2 rings (SSSR count). The Balaban J connectivity index is 1.73. The Morgan fingerprint density at radius 3 is 2.15 bits per heavy atom. The zero-order valence-corrected chi connectivity index (χ0v) is 13.5. The molecule has 0 atom stereocenters. The van der Waals surface area contributed by atoms with Crippen LogP contribution in [-0.2, 0) is 11.3 Å². The molecule has 0 bridgehead atoms. The summed E-state index contributed by atoms with van der Waals surface area (Å²) in [5, 5.41) is 11.3. The van der Waals surface area contributed by atoms with Crippen LogP contribution in [0, 0.1) is 11.3 Å². The van der Waals surface area contributed by atoms with Crippen LogP contribution in [0.1, 0.15) is 11.1 Å². The SMILES string of the molecule is N#Cc1ccc(OCC(=O)NCc2ccc(OCC(F)(F)F)cc2)cc1. The van der Waals surface area contributed by atoms with E-state index in [0.717, 1.165) is 0 Å². The number of rotatable bonds is 7. The fourth-order valence-electron chi connectivity index (χ4n) is 1.89. The maximum atomic E-state index is 12.1. The second-order valence-corrected chi connectivity index (χ2v) is 5.25. The fourth-order valence-corrected chi connectivity index (χ4v) is 1.89. The van der Waals surface area contributed by atoms with Crippen LogP contribution in [-0.4, -0.2) is 25.3 Å². The molecule has 0 aliphatic heterocycles. The lowest BCUT2D eigenvalue weighted by Gasteiger charge is -2.10. The topological polar surface area (TPSA) is 71.3 Å². The first kappa shape index (κ1) is 19.1. The summed E-state index contributed by atoms with van der Waals surface area (Å²) >= 11 is 0. The molecule has 1 amide bonds. The minimum absolute atomic E-state index is 0.0987. The van der Waals surface area contributed by atoms with E-state index >= 15 is 0 Å². The van der Waals surface area contributed by atoms with E-state index in [2.05, 4.69) is 10.1 Å². The molecule has 0 fully saturated rings. The van der Waals surface area contributed by atoms with Crippen molar-refractivity contribution in [2.24, 2.45) is 0 Å². The van der Waals surface area contributed by atoms with Crippen LogP contribution in [0.4, 0.5) is 13.2 Å². The van der Waals surface area contributed by atoms with Crippen molar-refractivity contribution in [2.75, 3.05) is 13.2 Å². The van der Waals surface area contributed by atoms with Crippen LogP contribution in [0.3, 0.4) is 0 Å². The molecule has 8 heteroatoms. The van der Waals surface area contributed by atoms with Crippen molar-refractivity contribution in [3.05, 3.63) is 59.7 Å². The van der Waals surface area contributed by atoms with Gasteiger partial charge in [0.25, 0.3) is 5.91 Å². The third-order valence-electron chi connectivity index (χ3n) is 3.17. The monoisotopic (exact) mass is 364 g/mol. The van der Waals surface area contributed by atoms with Gasteiger partial charge in [0.15, 0.2) is 13.2 Å². The summed E-state index contributed by atoms with van der Waals surface area (Å²) in [6.07, 6.45) is -4.39. The van der Waals surface area contributed by atoms with Gasteiger partial charge in [0, 0.05) is 6.54 Å². The maximum Gasteiger partial charge on any atom is 0.422 e. The van der Waals surface area contributed by atoms with Gasteiger partial charge in [-0.15, -0.1) is 0 Å². The number of hydrogen-bond acceptors (Lipinski definition) is 4. The molecule has 0 unspecified atom stereocenters. The van der Waals surface area contributed by atoms with E-state index < -0.39 is 12.8 Å². The molecule has 0 aliphatic carbocycles. The molecule has 0 saturated carbocycles. The predicted molar refractivity (Wildman–Crippen MR) is 86.5 cm³/mol. The summed E-state index contributed by atoms with van der Waals surface area (Å²) in [6, 6.07) is 14.2. The molecule has 0 radical (unpaired) electrons. The summed E-state index contributed by atoms with van der Waals surface area (Å²) in [6.45, 7) is -1.34. The molecule has 0 aliphatic rings. The minimum Gasteiger partial charge on any atom is -0.484 e. The molecule has 26 heavy (non-hydrogen) atoms. The Morgan fingerprint density at radius 2 is 1.58 bits per heavy atom. The molecule has 0 saturated heterocycles. The Bertz CT molecular complexity index is 766. The van der Waals surface area contributed by atoms with Crippen molar-refractivity contribution in [2.45, 2.75) is 12.7 Å². The number of benzene rings is 2. The number of carbonyl (C=O) groups excluding carboxylic acids is 1. The lowest BCUT2D eigenvalue weighted by molar-refractivity contribution is -0.153. The van der Waals surface area contributed by atoms with Crippen molar-refractivity contribution in [1.29, 1.82) is 5.26 Å². The summed E-state index contributed by atoms with van der Waals surface area (Å²) in [4.78, 5) is 11.8. The lowest BCUT2D eigenvalue weighted by Crippen LogP contribution is -2.28. The average Bonchev–Trinajstić information content (AvgIpc) is 2.63. The average molecular weight is 364 g/mol. The predicted octanol–water partition coefficient (Wildman–Crippen LogP) is 3.19. The van der Waals surface area contributed by atoms with E-state index in [1.165, 1.54) is 12.1 Å². The standard InChI is InChI=1S/C18H15F3N2O3/c19-18(20,21)12-26-16-7-3-14(4-8-16)10-23-17(24)11-25-15-5-1-13(9-22)2-6-15/h1-8H,10-12H2,(H,23,24). The fraction of sp³-hybridized carbons (Fsp3) is 0.222. The second-order valence-electron chi connectivity index (χ2n) is 5.25. The highest BCUT2D eigenvalue weighted by Crippen LogP contribution is 2.18. The van der Waals surface area contributed by atoms with E-state index in [4.69, 9.17) is 10.00 Å². The van der Waals surface area contributed by atoms with Crippen LogP contribution in [0.5, 0.6) is 11.5 Å². The number of nitrogens with one attached hydrogen (secondary N) is 1. The Hall–Kier alpha value is -3.21. The molecule has 136 valence electrons. The summed E-state index contributed by atoms with van der Waals surface area (Å²) in [5.74, 6) is 0.207. The van der Waals surface area contributed by atoms with Gasteiger partial charge >= 0.3 is 6.18 Å². The molecule has 1 N–H and O–H groups in total. The summed E-state index contributed by atoms with van der Waals surface area (Å²) in [7, 11) is 0. The van der Waals surface area contributed by atoms with Crippen LogP contribution < -0.4 is 14.8 Å². The first-order valence-electron chi connectivity index (χ1n) is 7.54. The third kappa shape index (κ3) is 6.73. The highest BCUT2D eigenvalue weighted by atomic mass is 19.4. The molecule has 2 aromatic carbocycles. The number of ether oxygens (including phenoxy) is 2. The molecule has 0 aromatic heterocycles. The Labute approximate surface area is 148 Å². The van der Waals surface area contributed by atoms with Crippen LogP contribution in [0.2, 0.25) is 0 Å². The number of carbonyl (C=O) groups is 1. The van der Waals surface area contributed by atoms with E-state index in [0.29, 0.717) is 16.9 Å². The smallest absolute Gasteiger partial charge is 0.422 e. The van der Waals surface area contributed by atoms with Crippen molar-refractivity contribution in [3.8, 4) is 17.6 Å². The van der Waals surface area contributed by atoms with Gasteiger partial charge < -0.3 is 14.8 Å². The van der Waals surface area contributed by atoms with Crippen molar-refractivity contribution >= 4 is 5.91 Å². The van der Waals surface area contributed by atoms with Gasteiger partial charge in [-0.1, -0.05) is 12.1 Å². The molecule has 2 aromatic rings. The van der Waals surface area contributed by atoms with Gasteiger partial charge in [-0.05, 0) is 42.0 Å². The van der Waals surface area contributed by atoms with Gasteiger partial charge in [-0.2, -0.15) is 18.4 Å². The quantitative estimate of drug-likeness (QED) is 0.819. The number of alkyl halides is 3. The van der Waals surface area contributed by atoms with E-state index in [1.807, 2.05) is 6.07 Å². The molecular formula is C18H15F3N2O3. The second kappa shape index (κ2) is 8.76. The number of nitrogens with zero attached hydrogens (tertiary/aromatic N) is 1.